The van der Waals surface area contributed by atoms with Gasteiger partial charge in [-0.05, 0) is 44.0 Å². The Kier molecular flexibility index (Phi) is 8.57. The van der Waals surface area contributed by atoms with Crippen LogP contribution in [0.2, 0.25) is 0 Å². The number of carbonyl (C=O) groups is 3. The van der Waals surface area contributed by atoms with Gasteiger partial charge in [0, 0.05) is 18.7 Å². The highest BCUT2D eigenvalue weighted by Gasteiger charge is 2.30. The Morgan fingerprint density at radius 3 is 2.30 bits per heavy atom. The van der Waals surface area contributed by atoms with Gasteiger partial charge in [0.1, 0.15) is 0 Å². The minimum absolute atomic E-state index is 0.106. The summed E-state index contributed by atoms with van der Waals surface area (Å²) < 4.78 is 42.5. The van der Waals surface area contributed by atoms with Gasteiger partial charge in [0.15, 0.2) is 6.10 Å². The number of anilines is 1. The molecule has 4 N–H and O–H groups in total. The van der Waals surface area contributed by atoms with Gasteiger partial charge in [0.05, 0.1) is 5.56 Å². The second-order valence-corrected chi connectivity index (χ2v) is 5.80. The first-order chi connectivity index (χ1) is 12.6. The molecule has 150 valence electrons. The molecule has 0 saturated heterocycles. The van der Waals surface area contributed by atoms with E-state index >= 15 is 0 Å². The van der Waals surface area contributed by atoms with E-state index in [1.54, 1.807) is 0 Å². The van der Waals surface area contributed by atoms with E-state index in [1.807, 2.05) is 0 Å². The Morgan fingerprint density at radius 2 is 1.74 bits per heavy atom. The highest BCUT2D eigenvalue weighted by Crippen LogP contribution is 2.29. The van der Waals surface area contributed by atoms with Gasteiger partial charge in [-0.3, -0.25) is 9.59 Å². The van der Waals surface area contributed by atoms with E-state index in [4.69, 9.17) is 10.5 Å². The minimum atomic E-state index is -4.46. The molecule has 0 unspecified atom stereocenters. The molecule has 0 aliphatic rings. The van der Waals surface area contributed by atoms with E-state index in [1.165, 1.54) is 6.92 Å². The van der Waals surface area contributed by atoms with Crippen LogP contribution in [0.25, 0.3) is 0 Å². The van der Waals surface area contributed by atoms with Crippen molar-refractivity contribution in [1.82, 2.24) is 5.32 Å². The quantitative estimate of drug-likeness (QED) is 0.445. The highest BCUT2D eigenvalue weighted by molar-refractivity contribution is 5.95. The van der Waals surface area contributed by atoms with Crippen molar-refractivity contribution in [2.45, 2.75) is 44.9 Å². The molecule has 1 aromatic rings. The third kappa shape index (κ3) is 8.93. The molecule has 0 aliphatic carbocycles. The summed E-state index contributed by atoms with van der Waals surface area (Å²) in [4.78, 5) is 34.1. The Hall–Kier alpha value is -2.78. The molecule has 7 nitrogen and oxygen atoms in total. The molecule has 0 aromatic heterocycles. The van der Waals surface area contributed by atoms with Gasteiger partial charge in [-0.15, -0.1) is 0 Å². The second-order valence-electron chi connectivity index (χ2n) is 5.80. The van der Waals surface area contributed by atoms with Crippen molar-refractivity contribution in [2.24, 2.45) is 5.73 Å². The third-order valence-corrected chi connectivity index (χ3v) is 3.51. The van der Waals surface area contributed by atoms with Crippen molar-refractivity contribution in [3.63, 3.8) is 0 Å². The Labute approximate surface area is 154 Å². The number of rotatable bonds is 9. The molecule has 1 aromatic carbocycles. The van der Waals surface area contributed by atoms with Crippen LogP contribution in [0, 0.1) is 0 Å². The zero-order valence-corrected chi connectivity index (χ0v) is 14.8. The van der Waals surface area contributed by atoms with Gasteiger partial charge in [-0.1, -0.05) is 6.42 Å². The lowest BCUT2D eigenvalue weighted by Gasteiger charge is -2.14. The molecule has 27 heavy (non-hydrogen) atoms. The van der Waals surface area contributed by atoms with E-state index in [2.05, 4.69) is 10.6 Å². The van der Waals surface area contributed by atoms with Crippen LogP contribution in [0.1, 0.15) is 38.2 Å². The fraction of sp³-hybridized carbons (Fsp3) is 0.471. The van der Waals surface area contributed by atoms with Gasteiger partial charge in [-0.2, -0.15) is 13.2 Å². The van der Waals surface area contributed by atoms with Gasteiger partial charge in [-0.25, -0.2) is 4.79 Å². The Bertz CT molecular complexity index is 648. The van der Waals surface area contributed by atoms with Crippen LogP contribution in [-0.2, 0) is 20.5 Å². The first kappa shape index (κ1) is 22.3. The Morgan fingerprint density at radius 1 is 1.11 bits per heavy atom. The molecule has 0 saturated carbocycles. The SMILES string of the molecule is C[C@H](OC(=O)CCCCCNC(N)=O)C(=O)Nc1ccc(C(F)(F)F)cc1. The molecule has 10 heteroatoms. The summed E-state index contributed by atoms with van der Waals surface area (Å²) in [6.07, 6.45) is -3.60. The zero-order valence-electron chi connectivity index (χ0n) is 14.8. The van der Waals surface area contributed by atoms with Crippen LogP contribution in [0.15, 0.2) is 24.3 Å². The summed E-state index contributed by atoms with van der Waals surface area (Å²) in [5.41, 5.74) is 4.25. The highest BCUT2D eigenvalue weighted by atomic mass is 19.4. The summed E-state index contributed by atoms with van der Waals surface area (Å²) in [6.45, 7) is 1.78. The molecule has 0 aliphatic heterocycles. The summed E-state index contributed by atoms with van der Waals surface area (Å²) >= 11 is 0. The van der Waals surface area contributed by atoms with Gasteiger partial charge in [0.25, 0.3) is 5.91 Å². The molecular weight excluding hydrogens is 367 g/mol. The fourth-order valence-electron chi connectivity index (χ4n) is 2.08. The second kappa shape index (κ2) is 10.4. The predicted octanol–water partition coefficient (Wildman–Crippen LogP) is 2.80. The minimum Gasteiger partial charge on any atom is -0.453 e. The predicted molar refractivity (Wildman–Crippen MR) is 91.7 cm³/mol. The smallest absolute Gasteiger partial charge is 0.416 e. The van der Waals surface area contributed by atoms with Crippen LogP contribution in [-0.4, -0.2) is 30.6 Å². The summed E-state index contributed by atoms with van der Waals surface area (Å²) in [5.74, 6) is -1.21. The third-order valence-electron chi connectivity index (χ3n) is 3.51. The number of hydrogen-bond donors (Lipinski definition) is 3. The van der Waals surface area contributed by atoms with Crippen LogP contribution < -0.4 is 16.4 Å². The number of primary amides is 1. The van der Waals surface area contributed by atoms with Crippen LogP contribution in [0.5, 0.6) is 0 Å². The molecule has 0 fully saturated rings. The van der Waals surface area contributed by atoms with Crippen LogP contribution in [0.4, 0.5) is 23.7 Å². The molecule has 0 radical (unpaired) electrons. The lowest BCUT2D eigenvalue weighted by Crippen LogP contribution is -2.30. The number of amides is 3. The molecule has 0 spiro atoms. The van der Waals surface area contributed by atoms with E-state index in [0.717, 1.165) is 24.3 Å². The average Bonchev–Trinajstić information content (AvgIpc) is 2.57. The van der Waals surface area contributed by atoms with Crippen molar-refractivity contribution in [3.8, 4) is 0 Å². The number of esters is 1. The van der Waals surface area contributed by atoms with Gasteiger partial charge in [0.2, 0.25) is 0 Å². The van der Waals surface area contributed by atoms with Gasteiger partial charge >= 0.3 is 18.2 Å². The van der Waals surface area contributed by atoms with Crippen molar-refractivity contribution >= 4 is 23.6 Å². The van der Waals surface area contributed by atoms with Crippen LogP contribution >= 0.6 is 0 Å². The molecule has 0 bridgehead atoms. The van der Waals surface area contributed by atoms with E-state index in [0.29, 0.717) is 25.8 Å². The zero-order chi connectivity index (χ0) is 20.4. The average molecular weight is 389 g/mol. The first-order valence-electron chi connectivity index (χ1n) is 8.30. The lowest BCUT2D eigenvalue weighted by atomic mass is 10.2. The van der Waals surface area contributed by atoms with E-state index in [9.17, 15) is 27.6 Å². The molecule has 1 atom stereocenters. The lowest BCUT2D eigenvalue weighted by molar-refractivity contribution is -0.153. The molecular formula is C17H22F3N3O4. The first-order valence-corrected chi connectivity index (χ1v) is 8.30. The number of carbonyl (C=O) groups excluding carboxylic acids is 3. The van der Waals surface area contributed by atoms with Crippen molar-refractivity contribution in [3.05, 3.63) is 29.8 Å². The number of nitrogens with two attached hydrogens (primary N) is 1. The fourth-order valence-corrected chi connectivity index (χ4v) is 2.08. The number of benzene rings is 1. The molecule has 0 heterocycles. The standard InChI is InChI=1S/C17H22F3N3O4/c1-11(27-14(24)5-3-2-4-10-22-16(21)26)15(25)23-13-8-6-12(7-9-13)17(18,19)20/h6-9,11H,2-5,10H2,1H3,(H,23,25)(H3,21,22,26)/t11-/m0/s1. The van der Waals surface area contributed by atoms with E-state index in [-0.39, 0.29) is 12.1 Å². The number of unbranched alkanes of at least 4 members (excludes halogenated alkanes) is 2. The maximum absolute atomic E-state index is 12.5. The van der Waals surface area contributed by atoms with Gasteiger partial charge < -0.3 is 21.1 Å². The maximum atomic E-state index is 12.5. The number of hydrogen-bond acceptors (Lipinski definition) is 4. The normalized spacial score (nSPS) is 12.1. The number of halogens is 3. The number of alkyl halides is 3. The largest absolute Gasteiger partial charge is 0.453 e. The molecule has 1 rings (SSSR count). The van der Waals surface area contributed by atoms with Crippen LogP contribution in [0.3, 0.4) is 0 Å². The topological polar surface area (TPSA) is 111 Å². The number of ether oxygens (including phenoxy) is 1. The van der Waals surface area contributed by atoms with E-state index < -0.39 is 35.8 Å². The molecule has 3 amide bonds. The van der Waals surface area contributed by atoms with Crippen molar-refractivity contribution < 1.29 is 32.3 Å². The van der Waals surface area contributed by atoms with Crippen molar-refractivity contribution in [2.75, 3.05) is 11.9 Å². The maximum Gasteiger partial charge on any atom is 0.416 e. The number of nitrogens with one attached hydrogen (secondary N) is 2. The Balaban J connectivity index is 2.32. The van der Waals surface area contributed by atoms with Crippen molar-refractivity contribution in [1.29, 1.82) is 0 Å². The summed E-state index contributed by atoms with van der Waals surface area (Å²) in [6, 6.07) is 3.33. The summed E-state index contributed by atoms with van der Waals surface area (Å²) in [7, 11) is 0. The summed E-state index contributed by atoms with van der Waals surface area (Å²) in [5, 5.41) is 4.81. The number of urea groups is 1. The monoisotopic (exact) mass is 389 g/mol.